The molecule has 5 heteroatoms. The summed E-state index contributed by atoms with van der Waals surface area (Å²) in [6, 6.07) is 2.06. The fourth-order valence-electron chi connectivity index (χ4n) is 0.982. The van der Waals surface area contributed by atoms with Crippen molar-refractivity contribution in [2.75, 3.05) is 13.2 Å². The Morgan fingerprint density at radius 3 is 2.43 bits per heavy atom. The topological polar surface area (TPSA) is 75.5 Å². The van der Waals surface area contributed by atoms with E-state index in [1.807, 2.05) is 19.9 Å². The highest BCUT2D eigenvalue weighted by Gasteiger charge is 2.05. The van der Waals surface area contributed by atoms with Gasteiger partial charge in [0.05, 0.1) is 6.61 Å². The van der Waals surface area contributed by atoms with Gasteiger partial charge in [0.1, 0.15) is 12.7 Å². The normalized spacial score (nSPS) is 12.6. The summed E-state index contributed by atoms with van der Waals surface area (Å²) in [5, 5.41) is 17.6. The zero-order valence-corrected chi connectivity index (χ0v) is 8.27. The third-order valence-electron chi connectivity index (χ3n) is 1.58. The monoisotopic (exact) mass is 198 g/mol. The van der Waals surface area contributed by atoms with Crippen LogP contribution < -0.4 is 4.74 Å². The summed E-state index contributed by atoms with van der Waals surface area (Å²) in [6.07, 6.45) is -0.889. The molecule has 1 aromatic rings. The molecule has 0 unspecified atom stereocenters. The largest absolute Gasteiger partial charge is 0.461 e. The van der Waals surface area contributed by atoms with E-state index in [0.717, 1.165) is 11.4 Å². The molecule has 0 aromatic carbocycles. The highest BCUT2D eigenvalue weighted by molar-refractivity contribution is 5.10. The Hall–Kier alpha value is -1.20. The van der Waals surface area contributed by atoms with Gasteiger partial charge in [-0.1, -0.05) is 0 Å². The van der Waals surface area contributed by atoms with E-state index in [1.54, 1.807) is 0 Å². The van der Waals surface area contributed by atoms with E-state index in [-0.39, 0.29) is 19.2 Å². The number of rotatable bonds is 4. The number of hydrogen-bond acceptors (Lipinski definition) is 5. The van der Waals surface area contributed by atoms with Crippen LogP contribution in [0.15, 0.2) is 6.07 Å². The van der Waals surface area contributed by atoms with Crippen LogP contribution in [0.25, 0.3) is 0 Å². The Morgan fingerprint density at radius 1 is 1.36 bits per heavy atom. The molecule has 0 bridgehead atoms. The predicted octanol–water partition coefficient (Wildman–Crippen LogP) is -0.175. The van der Waals surface area contributed by atoms with Crippen molar-refractivity contribution in [1.82, 2.24) is 9.97 Å². The van der Waals surface area contributed by atoms with E-state index in [2.05, 4.69) is 9.97 Å². The van der Waals surface area contributed by atoms with Crippen LogP contribution >= 0.6 is 0 Å². The van der Waals surface area contributed by atoms with Crippen LogP contribution in [0, 0.1) is 13.8 Å². The van der Waals surface area contributed by atoms with Crippen molar-refractivity contribution in [3.8, 4) is 6.01 Å². The van der Waals surface area contributed by atoms with Crippen LogP contribution in [0.2, 0.25) is 0 Å². The van der Waals surface area contributed by atoms with E-state index in [9.17, 15) is 0 Å². The van der Waals surface area contributed by atoms with Crippen molar-refractivity contribution in [1.29, 1.82) is 0 Å². The molecule has 1 rings (SSSR count). The second kappa shape index (κ2) is 4.88. The molecule has 0 saturated heterocycles. The molecule has 0 aliphatic rings. The number of ether oxygens (including phenoxy) is 1. The molecule has 0 aliphatic heterocycles. The molecular weight excluding hydrogens is 184 g/mol. The molecule has 5 nitrogen and oxygen atoms in total. The highest BCUT2D eigenvalue weighted by Crippen LogP contribution is 2.05. The Morgan fingerprint density at radius 2 is 1.93 bits per heavy atom. The lowest BCUT2D eigenvalue weighted by Crippen LogP contribution is -2.22. The first-order chi connectivity index (χ1) is 6.61. The molecule has 1 heterocycles. The van der Waals surface area contributed by atoms with Crippen LogP contribution in [0.5, 0.6) is 6.01 Å². The van der Waals surface area contributed by atoms with Gasteiger partial charge >= 0.3 is 6.01 Å². The molecule has 0 radical (unpaired) electrons. The fraction of sp³-hybridized carbons (Fsp3) is 0.556. The number of hydrogen-bond donors (Lipinski definition) is 2. The zero-order valence-electron chi connectivity index (χ0n) is 8.27. The SMILES string of the molecule is Cc1cc(C)nc(OC[C@H](O)CO)n1. The van der Waals surface area contributed by atoms with Crippen LogP contribution in [-0.4, -0.2) is 39.5 Å². The first-order valence-electron chi connectivity index (χ1n) is 4.36. The number of nitrogens with zero attached hydrogens (tertiary/aromatic N) is 2. The van der Waals surface area contributed by atoms with Gasteiger partial charge in [0.15, 0.2) is 0 Å². The first kappa shape index (κ1) is 10.9. The first-order valence-corrected chi connectivity index (χ1v) is 4.36. The lowest BCUT2D eigenvalue weighted by molar-refractivity contribution is 0.0503. The number of aliphatic hydroxyl groups is 2. The minimum Gasteiger partial charge on any atom is -0.461 e. The Bertz CT molecular complexity index is 284. The van der Waals surface area contributed by atoms with Gasteiger partial charge in [0, 0.05) is 11.4 Å². The summed E-state index contributed by atoms with van der Waals surface area (Å²) in [6.45, 7) is 3.35. The van der Waals surface area contributed by atoms with E-state index in [4.69, 9.17) is 14.9 Å². The van der Waals surface area contributed by atoms with Gasteiger partial charge in [-0.25, -0.2) is 9.97 Å². The summed E-state index contributed by atoms with van der Waals surface area (Å²) in [7, 11) is 0. The molecule has 0 fully saturated rings. The van der Waals surface area contributed by atoms with Crippen molar-refractivity contribution in [2.45, 2.75) is 20.0 Å². The van der Waals surface area contributed by atoms with Crippen LogP contribution in [-0.2, 0) is 0 Å². The average molecular weight is 198 g/mol. The average Bonchev–Trinajstić information content (AvgIpc) is 2.12. The van der Waals surface area contributed by atoms with Crippen LogP contribution in [0.1, 0.15) is 11.4 Å². The minimum atomic E-state index is -0.889. The quantitative estimate of drug-likeness (QED) is 0.702. The van der Waals surface area contributed by atoms with E-state index in [0.29, 0.717) is 0 Å². The van der Waals surface area contributed by atoms with Crippen molar-refractivity contribution in [3.05, 3.63) is 17.5 Å². The second-order valence-corrected chi connectivity index (χ2v) is 3.08. The predicted molar refractivity (Wildman–Crippen MR) is 50.1 cm³/mol. The van der Waals surface area contributed by atoms with Crippen LogP contribution in [0.4, 0.5) is 0 Å². The lowest BCUT2D eigenvalue weighted by Gasteiger charge is -2.08. The van der Waals surface area contributed by atoms with Crippen molar-refractivity contribution in [2.24, 2.45) is 0 Å². The van der Waals surface area contributed by atoms with Gasteiger partial charge in [-0.3, -0.25) is 0 Å². The van der Waals surface area contributed by atoms with Gasteiger partial charge in [-0.05, 0) is 19.9 Å². The molecule has 2 N–H and O–H groups in total. The summed E-state index contributed by atoms with van der Waals surface area (Å²) in [5.41, 5.74) is 1.62. The van der Waals surface area contributed by atoms with E-state index < -0.39 is 6.10 Å². The third-order valence-corrected chi connectivity index (χ3v) is 1.58. The fourth-order valence-corrected chi connectivity index (χ4v) is 0.982. The Kier molecular flexibility index (Phi) is 3.79. The maximum absolute atomic E-state index is 9.03. The number of aryl methyl sites for hydroxylation is 2. The van der Waals surface area contributed by atoms with E-state index in [1.165, 1.54) is 0 Å². The summed E-state index contributed by atoms with van der Waals surface area (Å²) >= 11 is 0. The summed E-state index contributed by atoms with van der Waals surface area (Å²) in [5.74, 6) is 0. The van der Waals surface area contributed by atoms with Gasteiger partial charge in [0.25, 0.3) is 0 Å². The molecule has 0 aliphatic carbocycles. The van der Waals surface area contributed by atoms with Crippen molar-refractivity contribution < 1.29 is 14.9 Å². The Balaban J connectivity index is 2.58. The van der Waals surface area contributed by atoms with E-state index >= 15 is 0 Å². The minimum absolute atomic E-state index is 0.000602. The molecule has 1 atom stereocenters. The standard InChI is InChI=1S/C9H14N2O3/c1-6-3-7(2)11-9(10-6)14-5-8(13)4-12/h3,8,12-13H,4-5H2,1-2H3/t8-/m1/s1. The maximum Gasteiger partial charge on any atom is 0.316 e. The zero-order chi connectivity index (χ0) is 10.6. The van der Waals surface area contributed by atoms with Gasteiger partial charge in [0.2, 0.25) is 0 Å². The third kappa shape index (κ3) is 3.27. The summed E-state index contributed by atoms with van der Waals surface area (Å²) in [4.78, 5) is 8.03. The maximum atomic E-state index is 9.03. The molecule has 14 heavy (non-hydrogen) atoms. The Labute approximate surface area is 82.4 Å². The van der Waals surface area contributed by atoms with Crippen LogP contribution in [0.3, 0.4) is 0 Å². The van der Waals surface area contributed by atoms with Crippen molar-refractivity contribution in [3.63, 3.8) is 0 Å². The number of aromatic nitrogens is 2. The molecule has 78 valence electrons. The number of aliphatic hydroxyl groups excluding tert-OH is 2. The molecule has 0 spiro atoms. The molecular formula is C9H14N2O3. The lowest BCUT2D eigenvalue weighted by atomic mass is 10.4. The van der Waals surface area contributed by atoms with Crippen molar-refractivity contribution >= 4 is 0 Å². The highest BCUT2D eigenvalue weighted by atomic mass is 16.5. The van der Waals surface area contributed by atoms with Gasteiger partial charge < -0.3 is 14.9 Å². The molecule has 0 saturated carbocycles. The molecule has 0 amide bonds. The van der Waals surface area contributed by atoms with Gasteiger partial charge in [-0.2, -0.15) is 0 Å². The second-order valence-electron chi connectivity index (χ2n) is 3.08. The smallest absolute Gasteiger partial charge is 0.316 e. The summed E-state index contributed by atoms with van der Waals surface area (Å²) < 4.78 is 5.09. The molecule has 1 aromatic heterocycles. The van der Waals surface area contributed by atoms with Gasteiger partial charge in [-0.15, -0.1) is 0 Å².